The van der Waals surface area contributed by atoms with E-state index in [0.717, 1.165) is 30.3 Å². The Kier molecular flexibility index (Phi) is 3.35. The van der Waals surface area contributed by atoms with Gasteiger partial charge in [-0.25, -0.2) is 0 Å². The second kappa shape index (κ2) is 4.94. The Bertz CT molecular complexity index is 342. The zero-order valence-electron chi connectivity index (χ0n) is 8.82. The first-order valence-corrected chi connectivity index (χ1v) is 5.45. The van der Waals surface area contributed by atoms with Crippen molar-refractivity contribution in [3.63, 3.8) is 0 Å². The molecule has 0 radical (unpaired) electrons. The van der Waals surface area contributed by atoms with E-state index in [1.807, 2.05) is 12.1 Å². The van der Waals surface area contributed by atoms with Gasteiger partial charge in [0.1, 0.15) is 0 Å². The fourth-order valence-electron chi connectivity index (χ4n) is 1.43. The summed E-state index contributed by atoms with van der Waals surface area (Å²) in [5.74, 6) is 0. The number of pyridine rings is 1. The summed E-state index contributed by atoms with van der Waals surface area (Å²) in [5, 5.41) is 3.46. The van der Waals surface area contributed by atoms with E-state index in [1.54, 1.807) is 12.4 Å². The number of hydrogen-bond donors (Lipinski definition) is 2. The Hall–Kier alpha value is -1.35. The normalized spacial score (nSPS) is 16.0. The summed E-state index contributed by atoms with van der Waals surface area (Å²) in [6.45, 7) is 1.06. The highest BCUT2D eigenvalue weighted by Crippen LogP contribution is 2.18. The highest BCUT2D eigenvalue weighted by Gasteiger charge is 2.19. The summed E-state index contributed by atoms with van der Waals surface area (Å²) in [4.78, 5) is 4.04. The maximum atomic E-state index is 5.79. The standard InChI is InChI=1S/C12H17N3/c13-12-6-8-14-9-10(12)3-1-2-7-15-11-4-5-11/h1,3,6,8-9,11,15H,2,4-5,7H2,(H2,13,14). The molecular weight excluding hydrogens is 186 g/mol. The Labute approximate surface area is 90.4 Å². The van der Waals surface area contributed by atoms with Crippen molar-refractivity contribution in [1.82, 2.24) is 10.3 Å². The molecule has 0 bridgehead atoms. The number of rotatable bonds is 5. The lowest BCUT2D eigenvalue weighted by Crippen LogP contribution is -2.16. The minimum atomic E-state index is 0.788. The molecular formula is C12H17N3. The van der Waals surface area contributed by atoms with Crippen LogP contribution < -0.4 is 11.1 Å². The van der Waals surface area contributed by atoms with Crippen molar-refractivity contribution in [2.45, 2.75) is 25.3 Å². The first-order valence-electron chi connectivity index (χ1n) is 5.45. The predicted molar refractivity (Wildman–Crippen MR) is 63.3 cm³/mol. The lowest BCUT2D eigenvalue weighted by Gasteiger charge is -1.99. The number of nitrogens with two attached hydrogens (primary N) is 1. The van der Waals surface area contributed by atoms with Crippen molar-refractivity contribution in [3.05, 3.63) is 30.1 Å². The second-order valence-corrected chi connectivity index (χ2v) is 3.92. The topological polar surface area (TPSA) is 50.9 Å². The zero-order chi connectivity index (χ0) is 10.5. The van der Waals surface area contributed by atoms with E-state index >= 15 is 0 Å². The lowest BCUT2D eigenvalue weighted by molar-refractivity contribution is 0.691. The molecule has 1 aromatic rings. The Balaban J connectivity index is 1.74. The largest absolute Gasteiger partial charge is 0.398 e. The van der Waals surface area contributed by atoms with Crippen molar-refractivity contribution in [2.75, 3.05) is 12.3 Å². The van der Waals surface area contributed by atoms with Gasteiger partial charge in [0.05, 0.1) is 0 Å². The molecule has 0 amide bonds. The number of nitrogens with zero attached hydrogens (tertiary/aromatic N) is 1. The number of anilines is 1. The average Bonchev–Trinajstić information content (AvgIpc) is 3.04. The van der Waals surface area contributed by atoms with Gasteiger partial charge >= 0.3 is 0 Å². The van der Waals surface area contributed by atoms with Crippen LogP contribution in [-0.4, -0.2) is 17.6 Å². The van der Waals surface area contributed by atoms with Gasteiger partial charge in [0, 0.05) is 29.7 Å². The number of nitrogen functional groups attached to an aromatic ring is 1. The molecule has 1 fully saturated rings. The highest BCUT2D eigenvalue weighted by molar-refractivity contribution is 5.62. The summed E-state index contributed by atoms with van der Waals surface area (Å²) in [7, 11) is 0. The fraction of sp³-hybridized carbons (Fsp3) is 0.417. The molecule has 1 aromatic heterocycles. The molecule has 1 saturated carbocycles. The highest BCUT2D eigenvalue weighted by atomic mass is 14.9. The minimum absolute atomic E-state index is 0.788. The Morgan fingerprint density at radius 1 is 1.53 bits per heavy atom. The Morgan fingerprint density at radius 2 is 2.40 bits per heavy atom. The molecule has 2 rings (SSSR count). The van der Waals surface area contributed by atoms with Gasteiger partial charge in [-0.1, -0.05) is 12.2 Å². The SMILES string of the molecule is Nc1ccncc1C=CCCNC1CC1. The van der Waals surface area contributed by atoms with E-state index in [1.165, 1.54) is 12.8 Å². The smallest absolute Gasteiger partial charge is 0.0418 e. The quantitative estimate of drug-likeness (QED) is 0.718. The summed E-state index contributed by atoms with van der Waals surface area (Å²) < 4.78 is 0. The summed E-state index contributed by atoms with van der Waals surface area (Å²) in [5.41, 5.74) is 7.58. The second-order valence-electron chi connectivity index (χ2n) is 3.92. The van der Waals surface area contributed by atoms with Crippen LogP contribution in [-0.2, 0) is 0 Å². The summed E-state index contributed by atoms with van der Waals surface area (Å²) in [6, 6.07) is 2.61. The van der Waals surface area contributed by atoms with Crippen LogP contribution in [0.3, 0.4) is 0 Å². The predicted octanol–water partition coefficient (Wildman–Crippen LogP) is 1.82. The van der Waals surface area contributed by atoms with Crippen LogP contribution >= 0.6 is 0 Å². The molecule has 15 heavy (non-hydrogen) atoms. The zero-order valence-corrected chi connectivity index (χ0v) is 8.82. The van der Waals surface area contributed by atoms with Crippen molar-refractivity contribution >= 4 is 11.8 Å². The van der Waals surface area contributed by atoms with Crippen LogP contribution in [0.2, 0.25) is 0 Å². The molecule has 0 unspecified atom stereocenters. The van der Waals surface area contributed by atoms with Gasteiger partial charge < -0.3 is 11.1 Å². The molecule has 80 valence electrons. The van der Waals surface area contributed by atoms with E-state index in [4.69, 9.17) is 5.73 Å². The van der Waals surface area contributed by atoms with Gasteiger partial charge in [-0.15, -0.1) is 0 Å². The molecule has 0 aliphatic heterocycles. The van der Waals surface area contributed by atoms with Crippen LogP contribution in [0.15, 0.2) is 24.5 Å². The van der Waals surface area contributed by atoms with Crippen molar-refractivity contribution in [2.24, 2.45) is 0 Å². The van der Waals surface area contributed by atoms with Crippen LogP contribution in [0.4, 0.5) is 5.69 Å². The third kappa shape index (κ3) is 3.36. The van der Waals surface area contributed by atoms with Gasteiger partial charge in [-0.05, 0) is 31.9 Å². The maximum Gasteiger partial charge on any atom is 0.0418 e. The molecule has 1 aliphatic carbocycles. The van der Waals surface area contributed by atoms with Crippen molar-refractivity contribution in [1.29, 1.82) is 0 Å². The first-order chi connectivity index (χ1) is 7.36. The van der Waals surface area contributed by atoms with Gasteiger partial charge in [-0.2, -0.15) is 0 Å². The van der Waals surface area contributed by atoms with E-state index < -0.39 is 0 Å². The Morgan fingerprint density at radius 3 is 3.13 bits per heavy atom. The van der Waals surface area contributed by atoms with Gasteiger partial charge in [0.2, 0.25) is 0 Å². The van der Waals surface area contributed by atoms with E-state index in [-0.39, 0.29) is 0 Å². The van der Waals surface area contributed by atoms with Gasteiger partial charge in [0.25, 0.3) is 0 Å². The number of aromatic nitrogens is 1. The van der Waals surface area contributed by atoms with E-state index in [9.17, 15) is 0 Å². The fourth-order valence-corrected chi connectivity index (χ4v) is 1.43. The van der Waals surface area contributed by atoms with Crippen LogP contribution in [0, 0.1) is 0 Å². The first kappa shape index (κ1) is 10.2. The van der Waals surface area contributed by atoms with E-state index in [2.05, 4.69) is 16.4 Å². The van der Waals surface area contributed by atoms with E-state index in [0.29, 0.717) is 0 Å². The van der Waals surface area contributed by atoms with Crippen molar-refractivity contribution < 1.29 is 0 Å². The van der Waals surface area contributed by atoms with Crippen molar-refractivity contribution in [3.8, 4) is 0 Å². The van der Waals surface area contributed by atoms with Crippen LogP contribution in [0.25, 0.3) is 6.08 Å². The molecule has 3 nitrogen and oxygen atoms in total. The summed E-state index contributed by atoms with van der Waals surface area (Å²) in [6.07, 6.45) is 11.4. The lowest BCUT2D eigenvalue weighted by atomic mass is 10.2. The number of hydrogen-bond acceptors (Lipinski definition) is 3. The molecule has 3 N–H and O–H groups in total. The minimum Gasteiger partial charge on any atom is -0.398 e. The molecule has 0 saturated heterocycles. The van der Waals surface area contributed by atoms with Gasteiger partial charge in [0.15, 0.2) is 0 Å². The number of nitrogens with one attached hydrogen (secondary N) is 1. The average molecular weight is 203 g/mol. The molecule has 0 atom stereocenters. The summed E-state index contributed by atoms with van der Waals surface area (Å²) >= 11 is 0. The molecule has 0 spiro atoms. The monoisotopic (exact) mass is 203 g/mol. The van der Waals surface area contributed by atoms with Gasteiger partial charge in [-0.3, -0.25) is 4.98 Å². The molecule has 0 aromatic carbocycles. The molecule has 1 aliphatic rings. The van der Waals surface area contributed by atoms with Crippen LogP contribution in [0.1, 0.15) is 24.8 Å². The third-order valence-electron chi connectivity index (χ3n) is 2.51. The third-order valence-corrected chi connectivity index (χ3v) is 2.51. The maximum absolute atomic E-state index is 5.79. The molecule has 3 heteroatoms. The van der Waals surface area contributed by atoms with Crippen LogP contribution in [0.5, 0.6) is 0 Å². The molecule has 1 heterocycles.